The molecule has 2 N–H and O–H groups in total. The number of carbonyl (C=O) groups is 1. The maximum absolute atomic E-state index is 11.1. The molecule has 76 valence electrons. The first-order valence-electron chi connectivity index (χ1n) is 4.88. The monoisotopic (exact) mass is 185 g/mol. The van der Waals surface area contributed by atoms with Crippen molar-refractivity contribution in [2.75, 3.05) is 33.2 Å². The summed E-state index contributed by atoms with van der Waals surface area (Å²) < 4.78 is 0. The zero-order valence-electron chi connectivity index (χ0n) is 8.47. The van der Waals surface area contributed by atoms with Crippen LogP contribution >= 0.6 is 0 Å². The van der Waals surface area contributed by atoms with Crippen molar-refractivity contribution in [3.05, 3.63) is 0 Å². The molecule has 1 aliphatic rings. The fraction of sp³-hybridized carbons (Fsp3) is 0.889. The smallest absolute Gasteiger partial charge is 0.234 e. The highest BCUT2D eigenvalue weighted by Gasteiger charge is 2.20. The molecule has 1 heterocycles. The van der Waals surface area contributed by atoms with E-state index in [1.165, 1.54) is 0 Å². The van der Waals surface area contributed by atoms with Crippen LogP contribution in [0.1, 0.15) is 13.3 Å². The molecule has 13 heavy (non-hydrogen) atoms. The Kier molecular flexibility index (Phi) is 4.18. The molecule has 1 unspecified atom stereocenters. The van der Waals surface area contributed by atoms with Gasteiger partial charge in [-0.2, -0.15) is 0 Å². The lowest BCUT2D eigenvalue weighted by atomic mass is 10.2. The minimum absolute atomic E-state index is 0.156. The number of hydrogen-bond donors (Lipinski definition) is 2. The van der Waals surface area contributed by atoms with E-state index in [0.29, 0.717) is 12.6 Å². The molecule has 0 saturated carbocycles. The zero-order chi connectivity index (χ0) is 9.68. The second-order valence-corrected chi connectivity index (χ2v) is 3.66. The van der Waals surface area contributed by atoms with Crippen molar-refractivity contribution in [3.8, 4) is 0 Å². The van der Waals surface area contributed by atoms with Crippen LogP contribution in [-0.2, 0) is 4.79 Å². The van der Waals surface area contributed by atoms with Crippen LogP contribution in [0, 0.1) is 0 Å². The van der Waals surface area contributed by atoms with Gasteiger partial charge in [0.15, 0.2) is 0 Å². The first-order valence-corrected chi connectivity index (χ1v) is 4.88. The topological polar surface area (TPSA) is 44.4 Å². The molecular weight excluding hydrogens is 166 g/mol. The Bertz CT molecular complexity index is 172. The van der Waals surface area contributed by atoms with E-state index in [0.717, 1.165) is 26.1 Å². The molecule has 4 heteroatoms. The van der Waals surface area contributed by atoms with Gasteiger partial charge in [-0.25, -0.2) is 0 Å². The molecule has 0 bridgehead atoms. The molecule has 1 saturated heterocycles. The Labute approximate surface area is 79.7 Å². The Morgan fingerprint density at radius 1 is 1.69 bits per heavy atom. The van der Waals surface area contributed by atoms with Gasteiger partial charge in [-0.05, 0) is 33.5 Å². The average Bonchev–Trinajstić information content (AvgIpc) is 2.03. The fourth-order valence-corrected chi connectivity index (χ4v) is 1.67. The van der Waals surface area contributed by atoms with Gasteiger partial charge < -0.3 is 10.6 Å². The van der Waals surface area contributed by atoms with Crippen molar-refractivity contribution in [1.82, 2.24) is 15.5 Å². The Hall–Kier alpha value is -0.610. The summed E-state index contributed by atoms with van der Waals surface area (Å²) in [6.45, 7) is 5.62. The van der Waals surface area contributed by atoms with E-state index in [-0.39, 0.29) is 5.91 Å². The molecule has 1 atom stereocenters. The highest BCUT2D eigenvalue weighted by Crippen LogP contribution is 1.99. The molecule has 0 aliphatic carbocycles. The molecule has 0 aromatic heterocycles. The number of carbonyl (C=O) groups excluding carboxylic acids is 1. The molecule has 1 fully saturated rings. The maximum atomic E-state index is 11.1. The molecule has 0 radical (unpaired) electrons. The highest BCUT2D eigenvalue weighted by molar-refractivity contribution is 5.79. The first-order chi connectivity index (χ1) is 6.22. The zero-order valence-corrected chi connectivity index (χ0v) is 8.47. The van der Waals surface area contributed by atoms with Crippen molar-refractivity contribution in [1.29, 1.82) is 0 Å². The van der Waals surface area contributed by atoms with Crippen LogP contribution in [0.25, 0.3) is 0 Å². The lowest BCUT2D eigenvalue weighted by molar-refractivity contribution is -0.125. The number of nitrogens with zero attached hydrogens (tertiary/aromatic N) is 1. The molecule has 0 aromatic rings. The third kappa shape index (κ3) is 3.74. The molecule has 1 rings (SSSR count). The molecule has 0 spiro atoms. The summed E-state index contributed by atoms with van der Waals surface area (Å²) in [6, 6.07) is 0.302. The predicted molar refractivity (Wildman–Crippen MR) is 52.6 cm³/mol. The predicted octanol–water partition coefficient (Wildman–Crippen LogP) is -0.584. The Morgan fingerprint density at radius 3 is 3.08 bits per heavy atom. The quantitative estimate of drug-likeness (QED) is 0.576. The van der Waals surface area contributed by atoms with Gasteiger partial charge in [0.25, 0.3) is 0 Å². The summed E-state index contributed by atoms with van der Waals surface area (Å²) in [7, 11) is 1.95. The standard InChI is InChI=1S/C9H19N3O/c1-8-6-12(5-3-4-10-2)7-9(13)11-8/h8,10H,3-7H2,1-2H3,(H,11,13). The van der Waals surface area contributed by atoms with E-state index in [2.05, 4.69) is 15.5 Å². The Balaban J connectivity index is 2.21. The summed E-state index contributed by atoms with van der Waals surface area (Å²) in [5.41, 5.74) is 0. The summed E-state index contributed by atoms with van der Waals surface area (Å²) in [5, 5.41) is 6.01. The first kappa shape index (κ1) is 10.5. The fourth-order valence-electron chi connectivity index (χ4n) is 1.67. The maximum Gasteiger partial charge on any atom is 0.234 e. The van der Waals surface area contributed by atoms with E-state index < -0.39 is 0 Å². The van der Waals surface area contributed by atoms with Gasteiger partial charge in [-0.1, -0.05) is 0 Å². The van der Waals surface area contributed by atoms with E-state index >= 15 is 0 Å². The largest absolute Gasteiger partial charge is 0.351 e. The SMILES string of the molecule is CNCCCN1CC(=O)NC(C)C1. The second-order valence-electron chi connectivity index (χ2n) is 3.66. The lowest BCUT2D eigenvalue weighted by Crippen LogP contribution is -2.53. The van der Waals surface area contributed by atoms with Crippen molar-refractivity contribution in [2.45, 2.75) is 19.4 Å². The van der Waals surface area contributed by atoms with E-state index in [1.807, 2.05) is 14.0 Å². The number of amides is 1. The number of piperazine rings is 1. The van der Waals surface area contributed by atoms with Gasteiger partial charge in [0, 0.05) is 12.6 Å². The molecule has 4 nitrogen and oxygen atoms in total. The molecule has 1 amide bonds. The molecule has 1 aliphatic heterocycles. The summed E-state index contributed by atoms with van der Waals surface area (Å²) in [4.78, 5) is 13.4. The van der Waals surface area contributed by atoms with Crippen LogP contribution in [-0.4, -0.2) is 50.1 Å². The third-order valence-electron chi connectivity index (χ3n) is 2.21. The van der Waals surface area contributed by atoms with E-state index in [1.54, 1.807) is 0 Å². The van der Waals surface area contributed by atoms with Crippen molar-refractivity contribution in [2.24, 2.45) is 0 Å². The lowest BCUT2D eigenvalue weighted by Gasteiger charge is -2.30. The van der Waals surface area contributed by atoms with Crippen LogP contribution in [0.5, 0.6) is 0 Å². The second kappa shape index (κ2) is 5.19. The molecule has 0 aromatic carbocycles. The van der Waals surface area contributed by atoms with Gasteiger partial charge >= 0.3 is 0 Å². The van der Waals surface area contributed by atoms with Crippen molar-refractivity contribution < 1.29 is 4.79 Å². The number of nitrogens with one attached hydrogen (secondary N) is 2. The number of hydrogen-bond acceptors (Lipinski definition) is 3. The van der Waals surface area contributed by atoms with Crippen LogP contribution in [0.2, 0.25) is 0 Å². The summed E-state index contributed by atoms with van der Waals surface area (Å²) in [5.74, 6) is 0.156. The highest BCUT2D eigenvalue weighted by atomic mass is 16.2. The average molecular weight is 185 g/mol. The van der Waals surface area contributed by atoms with Crippen molar-refractivity contribution >= 4 is 5.91 Å². The minimum Gasteiger partial charge on any atom is -0.351 e. The van der Waals surface area contributed by atoms with E-state index in [4.69, 9.17) is 0 Å². The van der Waals surface area contributed by atoms with Gasteiger partial charge in [-0.15, -0.1) is 0 Å². The van der Waals surface area contributed by atoms with Gasteiger partial charge in [0.1, 0.15) is 0 Å². The third-order valence-corrected chi connectivity index (χ3v) is 2.21. The molecular formula is C9H19N3O. The van der Waals surface area contributed by atoms with Gasteiger partial charge in [-0.3, -0.25) is 9.69 Å². The summed E-state index contributed by atoms with van der Waals surface area (Å²) in [6.07, 6.45) is 1.11. The van der Waals surface area contributed by atoms with Crippen LogP contribution < -0.4 is 10.6 Å². The normalized spacial score (nSPS) is 24.5. The van der Waals surface area contributed by atoms with Crippen LogP contribution in [0.3, 0.4) is 0 Å². The van der Waals surface area contributed by atoms with Crippen LogP contribution in [0.15, 0.2) is 0 Å². The van der Waals surface area contributed by atoms with Crippen LogP contribution in [0.4, 0.5) is 0 Å². The van der Waals surface area contributed by atoms with Crippen molar-refractivity contribution in [3.63, 3.8) is 0 Å². The Morgan fingerprint density at radius 2 is 2.46 bits per heavy atom. The number of rotatable bonds is 4. The van der Waals surface area contributed by atoms with Gasteiger partial charge in [0.05, 0.1) is 6.54 Å². The van der Waals surface area contributed by atoms with Gasteiger partial charge in [0.2, 0.25) is 5.91 Å². The van der Waals surface area contributed by atoms with E-state index in [9.17, 15) is 4.79 Å². The summed E-state index contributed by atoms with van der Waals surface area (Å²) >= 11 is 0. The minimum atomic E-state index is 0.156.